The lowest BCUT2D eigenvalue weighted by atomic mass is 10.1. The summed E-state index contributed by atoms with van der Waals surface area (Å²) in [4.78, 5) is 11.7. The zero-order valence-electron chi connectivity index (χ0n) is 11.3. The molecule has 4 heteroatoms. The van der Waals surface area contributed by atoms with Gasteiger partial charge in [0, 0.05) is 12.5 Å². The van der Waals surface area contributed by atoms with Gasteiger partial charge in [0.25, 0.3) is 0 Å². The van der Waals surface area contributed by atoms with Crippen molar-refractivity contribution in [1.29, 1.82) is 0 Å². The fourth-order valence-electron chi connectivity index (χ4n) is 1.65. The van der Waals surface area contributed by atoms with Crippen molar-refractivity contribution in [2.75, 3.05) is 7.11 Å². The molecule has 0 spiro atoms. The van der Waals surface area contributed by atoms with E-state index in [2.05, 4.69) is 5.32 Å². The first-order chi connectivity index (χ1) is 8.52. The lowest BCUT2D eigenvalue weighted by Crippen LogP contribution is -2.28. The molecule has 1 aromatic rings. The normalized spacial score (nSPS) is 13.8. The molecule has 1 unspecified atom stereocenters. The maximum atomic E-state index is 11.7. The topological polar surface area (TPSA) is 64.3 Å². The Labute approximate surface area is 109 Å². The average molecular weight is 250 g/mol. The van der Waals surface area contributed by atoms with Crippen LogP contribution in [0.2, 0.25) is 0 Å². The summed E-state index contributed by atoms with van der Waals surface area (Å²) >= 11 is 0. The van der Waals surface area contributed by atoms with E-state index in [0.717, 1.165) is 11.3 Å². The van der Waals surface area contributed by atoms with Gasteiger partial charge in [-0.15, -0.1) is 0 Å². The number of benzene rings is 1. The Balaban J connectivity index is 2.48. The number of nitrogens with one attached hydrogen (secondary N) is 1. The minimum absolute atomic E-state index is 0.00325. The molecule has 18 heavy (non-hydrogen) atoms. The summed E-state index contributed by atoms with van der Waals surface area (Å²) in [6, 6.07) is 7.74. The zero-order valence-corrected chi connectivity index (χ0v) is 11.3. The molecule has 0 heterocycles. The van der Waals surface area contributed by atoms with Gasteiger partial charge in [-0.2, -0.15) is 0 Å². The molecule has 1 aromatic carbocycles. The predicted octanol–water partition coefficient (Wildman–Crippen LogP) is 2.00. The third-order valence-electron chi connectivity index (χ3n) is 2.82. The molecule has 0 fully saturated rings. The third-order valence-corrected chi connectivity index (χ3v) is 2.82. The first-order valence-corrected chi connectivity index (χ1v) is 6.22. The van der Waals surface area contributed by atoms with Crippen molar-refractivity contribution in [3.63, 3.8) is 0 Å². The van der Waals surface area contributed by atoms with Gasteiger partial charge >= 0.3 is 0 Å². The smallest absolute Gasteiger partial charge is 0.220 e. The van der Waals surface area contributed by atoms with Crippen molar-refractivity contribution in [2.45, 2.75) is 38.8 Å². The van der Waals surface area contributed by atoms with E-state index in [4.69, 9.17) is 10.5 Å². The molecule has 100 valence electrons. The number of methoxy groups -OCH3 is 1. The zero-order chi connectivity index (χ0) is 13.5. The molecule has 0 aliphatic carbocycles. The highest BCUT2D eigenvalue weighted by Crippen LogP contribution is 2.17. The van der Waals surface area contributed by atoms with Crippen molar-refractivity contribution in [1.82, 2.24) is 5.32 Å². The van der Waals surface area contributed by atoms with Gasteiger partial charge in [0.1, 0.15) is 5.75 Å². The van der Waals surface area contributed by atoms with Crippen molar-refractivity contribution in [3.8, 4) is 5.75 Å². The van der Waals surface area contributed by atoms with Gasteiger partial charge in [0.05, 0.1) is 13.2 Å². The minimum atomic E-state index is -0.00325. The lowest BCUT2D eigenvalue weighted by Gasteiger charge is -2.15. The van der Waals surface area contributed by atoms with Crippen LogP contribution in [-0.4, -0.2) is 19.1 Å². The summed E-state index contributed by atoms with van der Waals surface area (Å²) in [6.07, 6.45) is 1.18. The second-order valence-corrected chi connectivity index (χ2v) is 4.58. The van der Waals surface area contributed by atoms with Crippen LogP contribution in [-0.2, 0) is 4.79 Å². The molecule has 0 aliphatic rings. The van der Waals surface area contributed by atoms with Gasteiger partial charge in [-0.3, -0.25) is 4.79 Å². The Morgan fingerprint density at radius 2 is 1.94 bits per heavy atom. The van der Waals surface area contributed by atoms with Crippen molar-refractivity contribution >= 4 is 5.91 Å². The number of ether oxygens (including phenoxy) is 1. The van der Waals surface area contributed by atoms with Gasteiger partial charge < -0.3 is 15.8 Å². The Morgan fingerprint density at radius 1 is 1.33 bits per heavy atom. The largest absolute Gasteiger partial charge is 0.497 e. The Kier molecular flexibility index (Phi) is 5.65. The number of amides is 1. The lowest BCUT2D eigenvalue weighted by molar-refractivity contribution is -0.121. The summed E-state index contributed by atoms with van der Waals surface area (Å²) in [5, 5.41) is 2.95. The molecule has 0 aromatic heterocycles. The van der Waals surface area contributed by atoms with Crippen LogP contribution in [0.15, 0.2) is 24.3 Å². The molecule has 4 nitrogen and oxygen atoms in total. The molecule has 0 radical (unpaired) electrons. The highest BCUT2D eigenvalue weighted by molar-refractivity contribution is 5.76. The van der Waals surface area contributed by atoms with Crippen molar-refractivity contribution in [3.05, 3.63) is 29.8 Å². The molecule has 0 saturated heterocycles. The molecular weight excluding hydrogens is 228 g/mol. The highest BCUT2D eigenvalue weighted by Gasteiger charge is 2.10. The number of rotatable bonds is 6. The molecule has 1 rings (SSSR count). The van der Waals surface area contributed by atoms with Gasteiger partial charge in [0.2, 0.25) is 5.91 Å². The Hall–Kier alpha value is -1.55. The van der Waals surface area contributed by atoms with E-state index >= 15 is 0 Å². The summed E-state index contributed by atoms with van der Waals surface area (Å²) in [7, 11) is 1.63. The van der Waals surface area contributed by atoms with E-state index in [1.807, 2.05) is 38.1 Å². The van der Waals surface area contributed by atoms with Crippen LogP contribution in [0.4, 0.5) is 0 Å². The highest BCUT2D eigenvalue weighted by atomic mass is 16.5. The molecule has 1 amide bonds. The van der Waals surface area contributed by atoms with E-state index in [1.54, 1.807) is 7.11 Å². The first-order valence-electron chi connectivity index (χ1n) is 6.22. The number of hydrogen-bond acceptors (Lipinski definition) is 3. The van der Waals surface area contributed by atoms with Crippen LogP contribution in [0, 0.1) is 0 Å². The number of hydrogen-bond donors (Lipinski definition) is 2. The summed E-state index contributed by atoms with van der Waals surface area (Å²) in [5.41, 5.74) is 6.68. The van der Waals surface area contributed by atoms with Gasteiger partial charge in [-0.1, -0.05) is 12.1 Å². The number of carbonyl (C=O) groups excluding carboxylic acids is 1. The molecular formula is C14H22N2O2. The molecule has 2 atom stereocenters. The van der Waals surface area contributed by atoms with Crippen LogP contribution in [0.3, 0.4) is 0 Å². The van der Waals surface area contributed by atoms with E-state index in [-0.39, 0.29) is 18.0 Å². The standard InChI is InChI=1S/C14H22N2O2/c1-10(15)4-9-14(17)16-11(2)12-5-7-13(18-3)8-6-12/h5-8,10-11H,4,9,15H2,1-3H3,(H,16,17)/t10?,11-/m1/s1. The summed E-state index contributed by atoms with van der Waals surface area (Å²) in [6.45, 7) is 3.87. The van der Waals surface area contributed by atoms with E-state index in [9.17, 15) is 4.79 Å². The Morgan fingerprint density at radius 3 is 2.44 bits per heavy atom. The van der Waals surface area contributed by atoms with Gasteiger partial charge in [-0.25, -0.2) is 0 Å². The van der Waals surface area contributed by atoms with Gasteiger partial charge in [0.15, 0.2) is 0 Å². The predicted molar refractivity (Wildman–Crippen MR) is 72.4 cm³/mol. The number of nitrogens with two attached hydrogens (primary N) is 1. The second-order valence-electron chi connectivity index (χ2n) is 4.58. The fourth-order valence-corrected chi connectivity index (χ4v) is 1.65. The maximum Gasteiger partial charge on any atom is 0.220 e. The maximum absolute atomic E-state index is 11.7. The number of carbonyl (C=O) groups is 1. The summed E-state index contributed by atoms with van der Waals surface area (Å²) in [5.74, 6) is 0.852. The minimum Gasteiger partial charge on any atom is -0.497 e. The quantitative estimate of drug-likeness (QED) is 0.811. The monoisotopic (exact) mass is 250 g/mol. The Bertz CT molecular complexity index is 374. The van der Waals surface area contributed by atoms with Crippen LogP contribution in [0.5, 0.6) is 5.75 Å². The van der Waals surface area contributed by atoms with E-state index in [0.29, 0.717) is 12.8 Å². The van der Waals surface area contributed by atoms with E-state index in [1.165, 1.54) is 0 Å². The van der Waals surface area contributed by atoms with E-state index < -0.39 is 0 Å². The average Bonchev–Trinajstić information content (AvgIpc) is 2.36. The van der Waals surface area contributed by atoms with Crippen LogP contribution >= 0.6 is 0 Å². The van der Waals surface area contributed by atoms with Crippen LogP contribution < -0.4 is 15.8 Å². The first kappa shape index (κ1) is 14.5. The third kappa shape index (κ3) is 4.75. The molecule has 3 N–H and O–H groups in total. The molecule has 0 aliphatic heterocycles. The van der Waals surface area contributed by atoms with Crippen LogP contribution in [0.25, 0.3) is 0 Å². The summed E-state index contributed by atoms with van der Waals surface area (Å²) < 4.78 is 5.09. The van der Waals surface area contributed by atoms with Crippen LogP contribution in [0.1, 0.15) is 38.3 Å². The van der Waals surface area contributed by atoms with Gasteiger partial charge in [-0.05, 0) is 38.0 Å². The molecule has 0 saturated carbocycles. The SMILES string of the molecule is COc1ccc([C@@H](C)NC(=O)CCC(C)N)cc1. The second kappa shape index (κ2) is 7.01. The molecule has 0 bridgehead atoms. The van der Waals surface area contributed by atoms with Crippen molar-refractivity contribution < 1.29 is 9.53 Å². The fraction of sp³-hybridized carbons (Fsp3) is 0.500. The van der Waals surface area contributed by atoms with Crippen molar-refractivity contribution in [2.24, 2.45) is 5.73 Å².